The van der Waals surface area contributed by atoms with E-state index in [0.717, 1.165) is 16.2 Å². The zero-order valence-corrected chi connectivity index (χ0v) is 9.55. The minimum absolute atomic E-state index is 0.00717. The van der Waals surface area contributed by atoms with E-state index in [4.69, 9.17) is 10.8 Å². The minimum Gasteiger partial charge on any atom is -0.480 e. The average molecular weight is 257 g/mol. The maximum atomic E-state index is 12.0. The van der Waals surface area contributed by atoms with Crippen LogP contribution in [0.5, 0.6) is 0 Å². The highest BCUT2D eigenvalue weighted by Crippen LogP contribution is 2.22. The predicted molar refractivity (Wildman–Crippen MR) is 59.6 cm³/mol. The number of amides is 1. The van der Waals surface area contributed by atoms with Gasteiger partial charge in [-0.25, -0.2) is 9.78 Å². The lowest BCUT2D eigenvalue weighted by Crippen LogP contribution is -2.40. The van der Waals surface area contributed by atoms with Gasteiger partial charge < -0.3 is 20.8 Å². The second kappa shape index (κ2) is 4.30. The highest BCUT2D eigenvalue weighted by molar-refractivity contribution is 7.13. The summed E-state index contributed by atoms with van der Waals surface area (Å²) in [5, 5.41) is 20.1. The van der Waals surface area contributed by atoms with Crippen LogP contribution in [0.3, 0.4) is 0 Å². The van der Waals surface area contributed by atoms with E-state index in [0.29, 0.717) is 0 Å². The van der Waals surface area contributed by atoms with E-state index in [1.807, 2.05) is 0 Å². The number of nitrogen functional groups attached to an aromatic ring is 1. The number of rotatable bonds is 2. The van der Waals surface area contributed by atoms with E-state index < -0.39 is 24.0 Å². The maximum Gasteiger partial charge on any atom is 0.326 e. The smallest absolute Gasteiger partial charge is 0.326 e. The molecule has 1 fully saturated rings. The van der Waals surface area contributed by atoms with Crippen molar-refractivity contribution in [1.82, 2.24) is 9.88 Å². The van der Waals surface area contributed by atoms with Gasteiger partial charge in [-0.15, -0.1) is 11.3 Å². The molecule has 1 aromatic heterocycles. The first kappa shape index (κ1) is 11.8. The van der Waals surface area contributed by atoms with Crippen molar-refractivity contribution < 1.29 is 19.8 Å². The number of carbonyl (C=O) groups is 2. The Labute approximate surface area is 100 Å². The molecule has 2 atom stereocenters. The van der Waals surface area contributed by atoms with Gasteiger partial charge in [0.2, 0.25) is 0 Å². The predicted octanol–water partition coefficient (Wildman–Crippen LogP) is -0.615. The van der Waals surface area contributed by atoms with Gasteiger partial charge in [-0.1, -0.05) is 0 Å². The lowest BCUT2D eigenvalue weighted by atomic mass is 10.2. The number of carboxylic acid groups (broad SMARTS) is 1. The number of hydrogen-bond donors (Lipinski definition) is 3. The van der Waals surface area contributed by atoms with Crippen LogP contribution in [0.15, 0.2) is 5.38 Å². The topological polar surface area (TPSA) is 117 Å². The Morgan fingerprint density at radius 2 is 2.29 bits per heavy atom. The molecule has 1 aromatic rings. The van der Waals surface area contributed by atoms with Gasteiger partial charge >= 0.3 is 5.97 Å². The van der Waals surface area contributed by atoms with Gasteiger partial charge in [0, 0.05) is 18.3 Å². The zero-order chi connectivity index (χ0) is 12.6. The molecule has 0 aromatic carbocycles. The molecule has 4 N–H and O–H groups in total. The fraction of sp³-hybridized carbons (Fsp3) is 0.444. The lowest BCUT2D eigenvalue weighted by molar-refractivity contribution is -0.141. The Kier molecular flexibility index (Phi) is 2.99. The third-order valence-electron chi connectivity index (χ3n) is 2.57. The molecule has 0 radical (unpaired) electrons. The third-order valence-corrected chi connectivity index (χ3v) is 3.24. The van der Waals surface area contributed by atoms with Gasteiger partial charge in [-0.05, 0) is 0 Å². The molecule has 0 spiro atoms. The summed E-state index contributed by atoms with van der Waals surface area (Å²) in [5.74, 6) is -1.64. The largest absolute Gasteiger partial charge is 0.480 e. The van der Waals surface area contributed by atoms with Gasteiger partial charge in [-0.3, -0.25) is 4.79 Å². The molecular formula is C9H11N3O4S. The molecular weight excluding hydrogens is 246 g/mol. The van der Waals surface area contributed by atoms with Crippen molar-refractivity contribution >= 4 is 28.3 Å². The monoisotopic (exact) mass is 257 g/mol. The number of β-amino-alcohol motifs (C(OH)–C–C–N with tert-alkyl or cyclic N) is 1. The Bertz CT molecular complexity index is 461. The third kappa shape index (κ3) is 2.22. The maximum absolute atomic E-state index is 12.0. The normalized spacial score (nSPS) is 23.9. The Hall–Kier alpha value is -1.67. The van der Waals surface area contributed by atoms with Crippen LogP contribution in [-0.2, 0) is 4.79 Å². The fourth-order valence-electron chi connectivity index (χ4n) is 1.81. The van der Waals surface area contributed by atoms with Crippen molar-refractivity contribution in [3.05, 3.63) is 11.1 Å². The van der Waals surface area contributed by atoms with Crippen LogP contribution in [0.1, 0.15) is 16.9 Å². The van der Waals surface area contributed by atoms with Crippen molar-refractivity contribution in [2.75, 3.05) is 12.3 Å². The SMILES string of the molecule is Nc1nc(C(=O)N2CC(O)C[C@H]2C(=O)O)cs1. The van der Waals surface area contributed by atoms with Crippen LogP contribution < -0.4 is 5.73 Å². The van der Waals surface area contributed by atoms with Gasteiger partial charge in [0.05, 0.1) is 6.10 Å². The molecule has 0 bridgehead atoms. The number of aliphatic carboxylic acids is 1. The standard InChI is InChI=1S/C9H11N3O4S/c10-9-11-5(3-17-9)7(14)12-2-4(13)1-6(12)8(15)16/h3-4,6,13H,1-2H2,(H2,10,11)(H,15,16)/t4?,6-/m0/s1. The Morgan fingerprint density at radius 1 is 1.59 bits per heavy atom. The molecule has 1 aliphatic rings. The molecule has 8 heteroatoms. The van der Waals surface area contributed by atoms with Gasteiger partial charge in [-0.2, -0.15) is 0 Å². The van der Waals surface area contributed by atoms with Crippen molar-refractivity contribution in [3.63, 3.8) is 0 Å². The second-order valence-corrected chi connectivity index (χ2v) is 4.66. The van der Waals surface area contributed by atoms with Crippen LogP contribution in [0.4, 0.5) is 5.13 Å². The van der Waals surface area contributed by atoms with Gasteiger partial charge in [0.15, 0.2) is 5.13 Å². The van der Waals surface area contributed by atoms with Crippen molar-refractivity contribution in [3.8, 4) is 0 Å². The average Bonchev–Trinajstić information content (AvgIpc) is 2.83. The van der Waals surface area contributed by atoms with E-state index in [-0.39, 0.29) is 23.8 Å². The number of aliphatic hydroxyl groups excluding tert-OH is 1. The minimum atomic E-state index is -1.13. The Morgan fingerprint density at radius 3 is 2.82 bits per heavy atom. The van der Waals surface area contributed by atoms with Crippen molar-refractivity contribution in [1.29, 1.82) is 0 Å². The molecule has 2 heterocycles. The molecule has 1 saturated heterocycles. The summed E-state index contributed by atoms with van der Waals surface area (Å²) in [4.78, 5) is 27.8. The Balaban J connectivity index is 2.21. The van der Waals surface area contributed by atoms with Gasteiger partial charge in [0.25, 0.3) is 5.91 Å². The van der Waals surface area contributed by atoms with Crippen LogP contribution in [0.25, 0.3) is 0 Å². The number of aliphatic hydroxyl groups is 1. The molecule has 0 aliphatic carbocycles. The van der Waals surface area contributed by atoms with E-state index in [1.165, 1.54) is 5.38 Å². The number of anilines is 1. The summed E-state index contributed by atoms with van der Waals surface area (Å²) in [6.45, 7) is 0.00717. The summed E-state index contributed by atoms with van der Waals surface area (Å²) in [5.41, 5.74) is 5.53. The van der Waals surface area contributed by atoms with Crippen molar-refractivity contribution in [2.24, 2.45) is 0 Å². The number of carbonyl (C=O) groups excluding carboxylic acids is 1. The molecule has 0 saturated carbocycles. The second-order valence-electron chi connectivity index (χ2n) is 3.77. The summed E-state index contributed by atoms with van der Waals surface area (Å²) in [6.07, 6.45) is -0.767. The van der Waals surface area contributed by atoms with Crippen LogP contribution in [0, 0.1) is 0 Å². The summed E-state index contributed by atoms with van der Waals surface area (Å²) < 4.78 is 0. The summed E-state index contributed by atoms with van der Waals surface area (Å²) >= 11 is 1.11. The van der Waals surface area contributed by atoms with E-state index >= 15 is 0 Å². The zero-order valence-electron chi connectivity index (χ0n) is 8.74. The molecule has 1 aliphatic heterocycles. The van der Waals surface area contributed by atoms with Crippen molar-refractivity contribution in [2.45, 2.75) is 18.6 Å². The molecule has 1 unspecified atom stereocenters. The highest BCUT2D eigenvalue weighted by atomic mass is 32.1. The van der Waals surface area contributed by atoms with Crippen LogP contribution >= 0.6 is 11.3 Å². The number of likely N-dealkylation sites (tertiary alicyclic amines) is 1. The number of aromatic nitrogens is 1. The molecule has 17 heavy (non-hydrogen) atoms. The number of carboxylic acids is 1. The van der Waals surface area contributed by atoms with E-state index in [1.54, 1.807) is 0 Å². The van der Waals surface area contributed by atoms with Gasteiger partial charge in [0.1, 0.15) is 11.7 Å². The van der Waals surface area contributed by atoms with Crippen LogP contribution in [0.2, 0.25) is 0 Å². The number of nitrogens with two attached hydrogens (primary N) is 1. The number of hydrogen-bond acceptors (Lipinski definition) is 6. The van der Waals surface area contributed by atoms with E-state index in [2.05, 4.69) is 4.98 Å². The first-order chi connectivity index (χ1) is 7.99. The number of thiazole rings is 1. The highest BCUT2D eigenvalue weighted by Gasteiger charge is 2.39. The number of nitrogens with zero attached hydrogens (tertiary/aromatic N) is 2. The first-order valence-corrected chi connectivity index (χ1v) is 5.80. The fourth-order valence-corrected chi connectivity index (χ4v) is 2.34. The van der Waals surface area contributed by atoms with E-state index in [9.17, 15) is 14.7 Å². The molecule has 2 rings (SSSR count). The lowest BCUT2D eigenvalue weighted by Gasteiger charge is -2.19. The first-order valence-electron chi connectivity index (χ1n) is 4.92. The summed E-state index contributed by atoms with van der Waals surface area (Å²) in [6, 6.07) is -1.000. The molecule has 92 valence electrons. The molecule has 7 nitrogen and oxygen atoms in total. The molecule has 1 amide bonds. The van der Waals surface area contributed by atoms with Crippen LogP contribution in [-0.4, -0.2) is 50.7 Å². The summed E-state index contributed by atoms with van der Waals surface area (Å²) in [7, 11) is 0. The quantitative estimate of drug-likeness (QED) is 0.650.